The molecule has 0 atom stereocenters. The van der Waals surface area contributed by atoms with Gasteiger partial charge in [-0.2, -0.15) is 0 Å². The first-order valence-electron chi connectivity index (χ1n) is 7.42. The highest BCUT2D eigenvalue weighted by molar-refractivity contribution is 5.68. The van der Waals surface area contributed by atoms with Gasteiger partial charge in [-0.25, -0.2) is 0 Å². The van der Waals surface area contributed by atoms with Crippen LogP contribution in [-0.4, -0.2) is 23.1 Å². The summed E-state index contributed by atoms with van der Waals surface area (Å²) in [5.74, 6) is 0.358. The van der Waals surface area contributed by atoms with Crippen LogP contribution in [-0.2, 0) is 6.54 Å². The molecule has 20 heavy (non-hydrogen) atoms. The summed E-state index contributed by atoms with van der Waals surface area (Å²) < 4.78 is 0. The van der Waals surface area contributed by atoms with E-state index in [-0.39, 0.29) is 0 Å². The molecule has 0 amide bonds. The summed E-state index contributed by atoms with van der Waals surface area (Å²) in [6.45, 7) is 3.27. The molecule has 3 rings (SSSR count). The molecule has 2 aromatic carbocycles. The molecular weight excluding hydrogens is 246 g/mol. The van der Waals surface area contributed by atoms with E-state index in [1.54, 1.807) is 6.07 Å². The van der Waals surface area contributed by atoms with E-state index in [1.165, 1.54) is 49.0 Å². The number of nitrogens with zero attached hydrogens (tertiary/aromatic N) is 1. The first-order chi connectivity index (χ1) is 9.83. The second kappa shape index (κ2) is 6.10. The number of phenolic OH excluding ortho intramolecular Hbond substituents is 1. The third-order valence-corrected chi connectivity index (χ3v) is 4.02. The monoisotopic (exact) mass is 267 g/mol. The van der Waals surface area contributed by atoms with E-state index in [0.717, 1.165) is 6.54 Å². The normalized spacial score (nSPS) is 16.2. The summed E-state index contributed by atoms with van der Waals surface area (Å²) in [5, 5.41) is 9.80. The van der Waals surface area contributed by atoms with Gasteiger partial charge in [-0.15, -0.1) is 0 Å². The van der Waals surface area contributed by atoms with Gasteiger partial charge in [0.2, 0.25) is 0 Å². The van der Waals surface area contributed by atoms with Crippen LogP contribution in [0.15, 0.2) is 48.5 Å². The lowest BCUT2D eigenvalue weighted by atomic mass is 9.98. The maximum atomic E-state index is 9.80. The van der Waals surface area contributed by atoms with Crippen LogP contribution < -0.4 is 0 Å². The molecule has 0 bridgehead atoms. The predicted octanol–water partition coefficient (Wildman–Crippen LogP) is 4.05. The molecule has 2 nitrogen and oxygen atoms in total. The van der Waals surface area contributed by atoms with Crippen molar-refractivity contribution < 1.29 is 5.11 Å². The molecular formula is C18H21NO. The molecule has 0 unspecified atom stereocenters. The maximum absolute atomic E-state index is 9.80. The topological polar surface area (TPSA) is 23.5 Å². The van der Waals surface area contributed by atoms with Crippen molar-refractivity contribution in [3.8, 4) is 16.9 Å². The molecule has 1 aliphatic rings. The maximum Gasteiger partial charge on any atom is 0.115 e. The van der Waals surface area contributed by atoms with E-state index in [9.17, 15) is 5.11 Å². The van der Waals surface area contributed by atoms with Crippen molar-refractivity contribution in [3.05, 3.63) is 54.1 Å². The number of aromatic hydroxyl groups is 1. The second-order valence-electron chi connectivity index (χ2n) is 5.54. The van der Waals surface area contributed by atoms with Gasteiger partial charge in [0, 0.05) is 6.54 Å². The number of rotatable bonds is 3. The fourth-order valence-corrected chi connectivity index (χ4v) is 2.97. The lowest BCUT2D eigenvalue weighted by molar-refractivity contribution is 0.221. The van der Waals surface area contributed by atoms with E-state index in [4.69, 9.17) is 0 Å². The lowest BCUT2D eigenvalue weighted by Crippen LogP contribution is -2.29. The molecule has 1 saturated heterocycles. The standard InChI is InChI=1S/C18H21NO/c20-17-9-10-18(15-7-3-1-4-8-15)16(13-17)14-19-11-5-2-6-12-19/h1,3-4,7-10,13,20H,2,5-6,11-12,14H2. The molecule has 104 valence electrons. The van der Waals surface area contributed by atoms with Crippen molar-refractivity contribution in [2.75, 3.05) is 13.1 Å². The number of likely N-dealkylation sites (tertiary alicyclic amines) is 1. The fraction of sp³-hybridized carbons (Fsp3) is 0.333. The minimum atomic E-state index is 0.358. The fourth-order valence-electron chi connectivity index (χ4n) is 2.97. The summed E-state index contributed by atoms with van der Waals surface area (Å²) >= 11 is 0. The van der Waals surface area contributed by atoms with Crippen LogP contribution in [0.1, 0.15) is 24.8 Å². The van der Waals surface area contributed by atoms with Gasteiger partial charge in [0.1, 0.15) is 5.75 Å². The average Bonchev–Trinajstić information content (AvgIpc) is 2.49. The summed E-state index contributed by atoms with van der Waals surface area (Å²) in [6, 6.07) is 16.1. The van der Waals surface area contributed by atoms with Crippen LogP contribution in [0.5, 0.6) is 5.75 Å². The van der Waals surface area contributed by atoms with Gasteiger partial charge in [0.05, 0.1) is 0 Å². The molecule has 1 aliphatic heterocycles. The molecule has 2 aromatic rings. The minimum absolute atomic E-state index is 0.358. The van der Waals surface area contributed by atoms with Crippen molar-refractivity contribution >= 4 is 0 Å². The van der Waals surface area contributed by atoms with Gasteiger partial charge in [-0.05, 0) is 54.8 Å². The molecule has 0 aromatic heterocycles. The first-order valence-corrected chi connectivity index (χ1v) is 7.42. The van der Waals surface area contributed by atoms with E-state index in [0.29, 0.717) is 5.75 Å². The number of benzene rings is 2. The van der Waals surface area contributed by atoms with E-state index < -0.39 is 0 Å². The Balaban J connectivity index is 1.90. The molecule has 0 saturated carbocycles. The third-order valence-electron chi connectivity index (χ3n) is 4.02. The van der Waals surface area contributed by atoms with Gasteiger partial charge in [-0.3, -0.25) is 4.90 Å². The van der Waals surface area contributed by atoms with Crippen molar-refractivity contribution in [1.82, 2.24) is 4.90 Å². The van der Waals surface area contributed by atoms with Crippen LogP contribution in [0.2, 0.25) is 0 Å². The van der Waals surface area contributed by atoms with Crippen molar-refractivity contribution in [2.45, 2.75) is 25.8 Å². The Kier molecular flexibility index (Phi) is 4.03. The van der Waals surface area contributed by atoms with Crippen LogP contribution >= 0.6 is 0 Å². The van der Waals surface area contributed by atoms with Crippen LogP contribution in [0.25, 0.3) is 11.1 Å². The van der Waals surface area contributed by atoms with E-state index >= 15 is 0 Å². The van der Waals surface area contributed by atoms with Gasteiger partial charge < -0.3 is 5.11 Å². The summed E-state index contributed by atoms with van der Waals surface area (Å²) in [7, 11) is 0. The Morgan fingerprint density at radius 1 is 0.900 bits per heavy atom. The third kappa shape index (κ3) is 3.02. The number of piperidine rings is 1. The molecule has 1 N–H and O–H groups in total. The van der Waals surface area contributed by atoms with Crippen molar-refractivity contribution in [1.29, 1.82) is 0 Å². The average molecular weight is 267 g/mol. The number of hydrogen-bond donors (Lipinski definition) is 1. The number of phenols is 1. The summed E-state index contributed by atoms with van der Waals surface area (Å²) in [4.78, 5) is 2.49. The Morgan fingerprint density at radius 3 is 2.40 bits per heavy atom. The molecule has 2 heteroatoms. The Bertz CT molecular complexity index is 559. The number of hydrogen-bond acceptors (Lipinski definition) is 2. The zero-order valence-corrected chi connectivity index (χ0v) is 11.8. The molecule has 0 aliphatic carbocycles. The Hall–Kier alpha value is -1.80. The highest BCUT2D eigenvalue weighted by Gasteiger charge is 2.13. The zero-order chi connectivity index (χ0) is 13.8. The summed E-state index contributed by atoms with van der Waals surface area (Å²) in [6.07, 6.45) is 3.93. The highest BCUT2D eigenvalue weighted by atomic mass is 16.3. The van der Waals surface area contributed by atoms with Crippen LogP contribution in [0, 0.1) is 0 Å². The van der Waals surface area contributed by atoms with Crippen LogP contribution in [0.4, 0.5) is 0 Å². The Morgan fingerprint density at radius 2 is 1.65 bits per heavy atom. The smallest absolute Gasteiger partial charge is 0.115 e. The molecule has 0 radical (unpaired) electrons. The van der Waals surface area contributed by atoms with Gasteiger partial charge >= 0.3 is 0 Å². The van der Waals surface area contributed by atoms with Gasteiger partial charge in [0.25, 0.3) is 0 Å². The van der Waals surface area contributed by atoms with E-state index in [1.807, 2.05) is 18.2 Å². The Labute approximate surface area is 120 Å². The lowest BCUT2D eigenvalue weighted by Gasteiger charge is -2.27. The molecule has 1 fully saturated rings. The highest BCUT2D eigenvalue weighted by Crippen LogP contribution is 2.28. The largest absolute Gasteiger partial charge is 0.508 e. The SMILES string of the molecule is Oc1ccc(-c2ccccc2)c(CN2CCCCC2)c1. The zero-order valence-electron chi connectivity index (χ0n) is 11.8. The summed E-state index contributed by atoms with van der Waals surface area (Å²) in [5.41, 5.74) is 3.67. The van der Waals surface area contributed by atoms with Crippen molar-refractivity contribution in [3.63, 3.8) is 0 Å². The molecule has 1 heterocycles. The van der Waals surface area contributed by atoms with Crippen molar-refractivity contribution in [2.24, 2.45) is 0 Å². The predicted molar refractivity (Wildman–Crippen MR) is 82.7 cm³/mol. The minimum Gasteiger partial charge on any atom is -0.508 e. The molecule has 0 spiro atoms. The van der Waals surface area contributed by atoms with E-state index in [2.05, 4.69) is 29.2 Å². The second-order valence-corrected chi connectivity index (χ2v) is 5.54. The van der Waals surface area contributed by atoms with Gasteiger partial charge in [-0.1, -0.05) is 42.8 Å². The quantitative estimate of drug-likeness (QED) is 0.907. The van der Waals surface area contributed by atoms with Gasteiger partial charge in [0.15, 0.2) is 0 Å². The first kappa shape index (κ1) is 13.2. The van der Waals surface area contributed by atoms with Crippen LogP contribution in [0.3, 0.4) is 0 Å².